The van der Waals surface area contributed by atoms with E-state index in [-0.39, 0.29) is 17.8 Å². The van der Waals surface area contributed by atoms with Crippen LogP contribution in [-0.2, 0) is 4.79 Å². The molecule has 0 bridgehead atoms. The van der Waals surface area contributed by atoms with Crippen molar-refractivity contribution in [2.45, 2.75) is 32.2 Å². The molecule has 19 heavy (non-hydrogen) atoms. The maximum absolute atomic E-state index is 13.1. The van der Waals surface area contributed by atoms with Crippen LogP contribution in [0.3, 0.4) is 0 Å². The van der Waals surface area contributed by atoms with E-state index in [0.717, 1.165) is 6.42 Å². The van der Waals surface area contributed by atoms with E-state index in [9.17, 15) is 14.0 Å². The topological polar surface area (TPSA) is 66.4 Å². The van der Waals surface area contributed by atoms with Crippen LogP contribution in [0.15, 0.2) is 18.2 Å². The average Bonchev–Trinajstić information content (AvgIpc) is 2.80. The molecule has 1 aromatic carbocycles. The third-order valence-corrected chi connectivity index (χ3v) is 3.57. The summed E-state index contributed by atoms with van der Waals surface area (Å²) in [5.41, 5.74) is 0.754. The van der Waals surface area contributed by atoms with Gasteiger partial charge in [-0.3, -0.25) is 9.59 Å². The van der Waals surface area contributed by atoms with Gasteiger partial charge in [0.05, 0.1) is 5.92 Å². The molecule has 4 nitrogen and oxygen atoms in total. The van der Waals surface area contributed by atoms with Crippen molar-refractivity contribution >= 4 is 11.9 Å². The number of aryl methyl sites for hydroxylation is 1. The number of aliphatic carboxylic acids is 1. The first kappa shape index (κ1) is 13.5. The molecule has 0 unspecified atom stereocenters. The molecular weight excluding hydrogens is 249 g/mol. The van der Waals surface area contributed by atoms with Gasteiger partial charge in [-0.25, -0.2) is 4.39 Å². The van der Waals surface area contributed by atoms with Crippen molar-refractivity contribution in [1.82, 2.24) is 5.32 Å². The van der Waals surface area contributed by atoms with Crippen LogP contribution < -0.4 is 5.32 Å². The molecule has 0 aromatic heterocycles. The lowest BCUT2D eigenvalue weighted by Gasteiger charge is -2.17. The molecule has 1 aliphatic rings. The molecule has 1 saturated carbocycles. The Morgan fingerprint density at radius 1 is 1.37 bits per heavy atom. The number of carbonyl (C=O) groups excluding carboxylic acids is 1. The highest BCUT2D eigenvalue weighted by Gasteiger charge is 2.33. The Balaban J connectivity index is 2.08. The van der Waals surface area contributed by atoms with Gasteiger partial charge in [0, 0.05) is 11.6 Å². The maximum atomic E-state index is 13.1. The second-order valence-electron chi connectivity index (χ2n) is 4.92. The van der Waals surface area contributed by atoms with Crippen LogP contribution >= 0.6 is 0 Å². The summed E-state index contributed by atoms with van der Waals surface area (Å²) >= 11 is 0. The van der Waals surface area contributed by atoms with Crippen molar-refractivity contribution in [1.29, 1.82) is 0 Å². The highest BCUT2D eigenvalue weighted by molar-refractivity contribution is 5.94. The van der Waals surface area contributed by atoms with Gasteiger partial charge in [-0.1, -0.05) is 6.42 Å². The monoisotopic (exact) mass is 265 g/mol. The molecule has 0 heterocycles. The van der Waals surface area contributed by atoms with Crippen LogP contribution in [0.2, 0.25) is 0 Å². The van der Waals surface area contributed by atoms with E-state index in [1.807, 2.05) is 0 Å². The van der Waals surface area contributed by atoms with E-state index in [1.54, 1.807) is 6.92 Å². The Kier molecular flexibility index (Phi) is 3.83. The summed E-state index contributed by atoms with van der Waals surface area (Å²) in [4.78, 5) is 23.0. The third-order valence-electron chi connectivity index (χ3n) is 3.57. The predicted octanol–water partition coefficient (Wildman–Crippen LogP) is 2.12. The molecular formula is C14H16FNO3. The van der Waals surface area contributed by atoms with Crippen LogP contribution in [0.5, 0.6) is 0 Å². The van der Waals surface area contributed by atoms with Crippen molar-refractivity contribution in [3.05, 3.63) is 35.1 Å². The number of benzene rings is 1. The zero-order chi connectivity index (χ0) is 14.0. The molecule has 102 valence electrons. The zero-order valence-corrected chi connectivity index (χ0v) is 10.6. The predicted molar refractivity (Wildman–Crippen MR) is 67.4 cm³/mol. The summed E-state index contributed by atoms with van der Waals surface area (Å²) in [7, 11) is 0. The van der Waals surface area contributed by atoms with E-state index in [4.69, 9.17) is 5.11 Å². The van der Waals surface area contributed by atoms with Gasteiger partial charge in [-0.15, -0.1) is 0 Å². The second kappa shape index (κ2) is 5.38. The van der Waals surface area contributed by atoms with Gasteiger partial charge in [-0.2, -0.15) is 0 Å². The highest BCUT2D eigenvalue weighted by atomic mass is 19.1. The van der Waals surface area contributed by atoms with Crippen molar-refractivity contribution < 1.29 is 19.1 Å². The molecule has 2 N–H and O–H groups in total. The highest BCUT2D eigenvalue weighted by Crippen LogP contribution is 2.26. The first-order chi connectivity index (χ1) is 8.99. The van der Waals surface area contributed by atoms with Crippen LogP contribution in [0.25, 0.3) is 0 Å². The van der Waals surface area contributed by atoms with Gasteiger partial charge in [0.25, 0.3) is 5.91 Å². The minimum atomic E-state index is -0.877. The summed E-state index contributed by atoms with van der Waals surface area (Å²) in [6.07, 6.45) is 2.05. The van der Waals surface area contributed by atoms with Crippen LogP contribution in [-0.4, -0.2) is 23.0 Å². The quantitative estimate of drug-likeness (QED) is 0.879. The molecule has 5 heteroatoms. The van der Waals surface area contributed by atoms with Crippen molar-refractivity contribution in [2.24, 2.45) is 5.92 Å². The Morgan fingerprint density at radius 3 is 2.74 bits per heavy atom. The van der Waals surface area contributed by atoms with Gasteiger partial charge in [0.15, 0.2) is 0 Å². The lowest BCUT2D eigenvalue weighted by Crippen LogP contribution is -2.40. The van der Waals surface area contributed by atoms with Crippen LogP contribution in [0, 0.1) is 18.7 Å². The largest absolute Gasteiger partial charge is 0.481 e. The number of carboxylic acid groups (broad SMARTS) is 1. The molecule has 1 fully saturated rings. The standard InChI is InChI=1S/C14H16FNO3/c1-8-7-9(5-6-11(8)15)13(17)16-12-4-2-3-10(12)14(18)19/h5-7,10,12H,2-4H2,1H3,(H,16,17)(H,18,19)/t10-,12+/m0/s1. The molecule has 2 rings (SSSR count). The number of halogens is 1. The number of hydrogen-bond donors (Lipinski definition) is 2. The summed E-state index contributed by atoms with van der Waals surface area (Å²) in [6.45, 7) is 1.59. The summed E-state index contributed by atoms with van der Waals surface area (Å²) in [6, 6.07) is 3.78. The summed E-state index contributed by atoms with van der Waals surface area (Å²) in [5.74, 6) is -2.11. The van der Waals surface area contributed by atoms with Crippen molar-refractivity contribution in [2.75, 3.05) is 0 Å². The Labute approximate surface area is 110 Å². The Bertz CT molecular complexity index is 515. The minimum Gasteiger partial charge on any atom is -0.481 e. The smallest absolute Gasteiger partial charge is 0.308 e. The van der Waals surface area contributed by atoms with E-state index in [0.29, 0.717) is 24.0 Å². The van der Waals surface area contributed by atoms with Gasteiger partial charge >= 0.3 is 5.97 Å². The number of rotatable bonds is 3. The molecule has 1 aliphatic carbocycles. The SMILES string of the molecule is Cc1cc(C(=O)N[C@@H]2CCC[C@@H]2C(=O)O)ccc1F. The van der Waals surface area contributed by atoms with Crippen molar-refractivity contribution in [3.63, 3.8) is 0 Å². The molecule has 0 saturated heterocycles. The zero-order valence-electron chi connectivity index (χ0n) is 10.6. The first-order valence-corrected chi connectivity index (χ1v) is 6.29. The van der Waals surface area contributed by atoms with Crippen LogP contribution in [0.4, 0.5) is 4.39 Å². The maximum Gasteiger partial charge on any atom is 0.308 e. The van der Waals surface area contributed by atoms with Gasteiger partial charge in [0.2, 0.25) is 0 Å². The number of hydrogen-bond acceptors (Lipinski definition) is 2. The number of amides is 1. The average molecular weight is 265 g/mol. The summed E-state index contributed by atoms with van der Waals surface area (Å²) < 4.78 is 13.1. The lowest BCUT2D eigenvalue weighted by atomic mass is 10.0. The minimum absolute atomic E-state index is 0.338. The molecule has 2 atom stereocenters. The number of carboxylic acids is 1. The van der Waals surface area contributed by atoms with E-state index in [1.165, 1.54) is 18.2 Å². The van der Waals surface area contributed by atoms with Gasteiger partial charge in [-0.05, 0) is 43.5 Å². The number of nitrogens with one attached hydrogen (secondary N) is 1. The fourth-order valence-electron chi connectivity index (χ4n) is 2.47. The van der Waals surface area contributed by atoms with E-state index in [2.05, 4.69) is 5.32 Å². The number of carbonyl (C=O) groups is 2. The molecule has 1 amide bonds. The molecule has 1 aromatic rings. The fraction of sp³-hybridized carbons (Fsp3) is 0.429. The van der Waals surface area contributed by atoms with E-state index < -0.39 is 11.9 Å². The molecule has 0 spiro atoms. The first-order valence-electron chi connectivity index (χ1n) is 6.29. The molecule has 0 radical (unpaired) electrons. The van der Waals surface area contributed by atoms with Crippen LogP contribution in [0.1, 0.15) is 35.2 Å². The van der Waals surface area contributed by atoms with Gasteiger partial charge < -0.3 is 10.4 Å². The normalized spacial score (nSPS) is 22.2. The van der Waals surface area contributed by atoms with Crippen molar-refractivity contribution in [3.8, 4) is 0 Å². The second-order valence-corrected chi connectivity index (χ2v) is 4.92. The lowest BCUT2D eigenvalue weighted by molar-refractivity contribution is -0.142. The Morgan fingerprint density at radius 2 is 2.11 bits per heavy atom. The summed E-state index contributed by atoms with van der Waals surface area (Å²) in [5, 5.41) is 11.8. The fourth-order valence-corrected chi connectivity index (χ4v) is 2.47. The van der Waals surface area contributed by atoms with Gasteiger partial charge in [0.1, 0.15) is 5.82 Å². The van der Waals surface area contributed by atoms with E-state index >= 15 is 0 Å². The molecule has 0 aliphatic heterocycles. The third kappa shape index (κ3) is 2.92. The Hall–Kier alpha value is -1.91.